The normalized spacial score (nSPS) is 8.50. The molecule has 0 bridgehead atoms. The van der Waals surface area contributed by atoms with Crippen LogP contribution in [0.2, 0.25) is 0 Å². The zero-order valence-electron chi connectivity index (χ0n) is 13.4. The lowest BCUT2D eigenvalue weighted by molar-refractivity contribution is -0.114. The first kappa shape index (κ1) is 21.2. The van der Waals surface area contributed by atoms with E-state index in [0.717, 1.165) is 24.0 Å². The molecule has 0 aromatic heterocycles. The summed E-state index contributed by atoms with van der Waals surface area (Å²) in [7, 11) is 0. The molecule has 0 saturated heterocycles. The zero-order valence-corrected chi connectivity index (χ0v) is 15.0. The number of benzene rings is 1. The number of amides is 1. The Morgan fingerprint density at radius 2 is 1.70 bits per heavy atom. The van der Waals surface area contributed by atoms with Crippen LogP contribution >= 0.6 is 15.9 Å². The maximum atomic E-state index is 11.7. The van der Waals surface area contributed by atoms with Crippen molar-refractivity contribution in [1.82, 2.24) is 0 Å². The summed E-state index contributed by atoms with van der Waals surface area (Å²) in [5.74, 6) is -0.0477. The Morgan fingerprint density at radius 3 is 2.05 bits per heavy atom. The largest absolute Gasteiger partial charge is 0.309 e. The van der Waals surface area contributed by atoms with Crippen LogP contribution in [-0.4, -0.2) is 12.5 Å². The van der Waals surface area contributed by atoms with Crippen LogP contribution in [0.5, 0.6) is 0 Å². The lowest BCUT2D eigenvalue weighted by atomic mass is 10.2. The minimum atomic E-state index is -0.0477. The summed E-state index contributed by atoms with van der Waals surface area (Å²) in [5.41, 5.74) is 2.13. The number of halogens is 1. The second-order valence-electron chi connectivity index (χ2n) is 3.49. The highest BCUT2D eigenvalue weighted by Gasteiger charge is 2.10. The predicted octanol–water partition coefficient (Wildman–Crippen LogP) is 5.56. The molecule has 2 nitrogen and oxygen atoms in total. The summed E-state index contributed by atoms with van der Waals surface area (Å²) < 4.78 is 0. The van der Waals surface area contributed by atoms with Gasteiger partial charge in [0.15, 0.2) is 0 Å². The van der Waals surface area contributed by atoms with E-state index in [2.05, 4.69) is 29.4 Å². The van der Waals surface area contributed by atoms with Crippen molar-refractivity contribution in [2.24, 2.45) is 0 Å². The fourth-order valence-electron chi connectivity index (χ4n) is 1.47. The van der Waals surface area contributed by atoms with Crippen molar-refractivity contribution in [3.05, 3.63) is 42.5 Å². The van der Waals surface area contributed by atoms with Gasteiger partial charge in [-0.25, -0.2) is 0 Å². The summed E-state index contributed by atoms with van der Waals surface area (Å²) in [5, 5.41) is 0.830. The van der Waals surface area contributed by atoms with Crippen molar-refractivity contribution in [1.29, 1.82) is 0 Å². The van der Waals surface area contributed by atoms with Crippen LogP contribution < -0.4 is 4.90 Å². The Hall–Kier alpha value is -1.09. The van der Waals surface area contributed by atoms with E-state index < -0.39 is 0 Å². The zero-order chi connectivity index (χ0) is 16.0. The molecule has 0 saturated carbocycles. The molecule has 1 aromatic carbocycles. The summed E-state index contributed by atoms with van der Waals surface area (Å²) in [6, 6.07) is 7.97. The van der Waals surface area contributed by atoms with E-state index in [4.69, 9.17) is 0 Å². The number of hydrogen-bond donors (Lipinski definition) is 0. The van der Waals surface area contributed by atoms with E-state index in [9.17, 15) is 4.79 Å². The fourth-order valence-corrected chi connectivity index (χ4v) is 1.84. The van der Waals surface area contributed by atoms with Crippen molar-refractivity contribution in [2.45, 2.75) is 46.4 Å². The van der Waals surface area contributed by atoms with Crippen molar-refractivity contribution in [2.75, 3.05) is 11.4 Å². The molecule has 114 valence electrons. The lowest BCUT2D eigenvalue weighted by Gasteiger charge is -2.20. The van der Waals surface area contributed by atoms with Crippen molar-refractivity contribution in [3.8, 4) is 0 Å². The quantitative estimate of drug-likeness (QED) is 0.506. The average molecular weight is 342 g/mol. The second-order valence-corrected chi connectivity index (χ2v) is 4.05. The van der Waals surface area contributed by atoms with Gasteiger partial charge in [0.25, 0.3) is 0 Å². The molecule has 0 aliphatic heterocycles. The standard InChI is InChI=1S/C13H16BrNO.2C2H6/c1-3-9-15(13(16)4-2)12-7-5-11(10-14)6-8-12;2*1-2/h4-8H,2-3,9-10H2,1H3;2*1-2H3. The topological polar surface area (TPSA) is 20.3 Å². The third kappa shape index (κ3) is 7.49. The van der Waals surface area contributed by atoms with E-state index in [-0.39, 0.29) is 5.91 Å². The fraction of sp³-hybridized carbons (Fsp3) is 0.471. The molecule has 0 aliphatic carbocycles. The van der Waals surface area contributed by atoms with Crippen LogP contribution in [0.25, 0.3) is 0 Å². The molecular weight excluding hydrogens is 314 g/mol. The summed E-state index contributed by atoms with van der Waals surface area (Å²) in [6.45, 7) is 14.3. The van der Waals surface area contributed by atoms with Crippen LogP contribution in [-0.2, 0) is 10.1 Å². The van der Waals surface area contributed by atoms with Gasteiger partial charge in [-0.2, -0.15) is 0 Å². The first-order chi connectivity index (χ1) is 9.72. The van der Waals surface area contributed by atoms with Gasteiger partial charge in [-0.15, -0.1) is 0 Å². The third-order valence-corrected chi connectivity index (χ3v) is 2.94. The highest BCUT2D eigenvalue weighted by Crippen LogP contribution is 2.17. The van der Waals surface area contributed by atoms with E-state index in [1.54, 1.807) is 4.90 Å². The van der Waals surface area contributed by atoms with Gasteiger partial charge < -0.3 is 4.90 Å². The number of rotatable bonds is 5. The predicted molar refractivity (Wildman–Crippen MR) is 94.6 cm³/mol. The first-order valence-corrected chi connectivity index (χ1v) is 8.44. The Morgan fingerprint density at radius 1 is 1.20 bits per heavy atom. The summed E-state index contributed by atoms with van der Waals surface area (Å²) >= 11 is 3.40. The van der Waals surface area contributed by atoms with Gasteiger partial charge in [0.2, 0.25) is 5.91 Å². The van der Waals surface area contributed by atoms with Gasteiger partial charge >= 0.3 is 0 Å². The minimum Gasteiger partial charge on any atom is -0.309 e. The van der Waals surface area contributed by atoms with E-state index in [0.29, 0.717) is 0 Å². The lowest BCUT2D eigenvalue weighted by Crippen LogP contribution is -2.29. The summed E-state index contributed by atoms with van der Waals surface area (Å²) in [6.07, 6.45) is 2.29. The maximum Gasteiger partial charge on any atom is 0.250 e. The highest BCUT2D eigenvalue weighted by molar-refractivity contribution is 9.08. The van der Waals surface area contributed by atoms with Gasteiger partial charge in [-0.1, -0.05) is 69.3 Å². The molecule has 0 radical (unpaired) electrons. The molecule has 1 aromatic rings. The average Bonchev–Trinajstić information content (AvgIpc) is 2.56. The Labute approximate surface area is 133 Å². The molecule has 1 amide bonds. The highest BCUT2D eigenvalue weighted by atomic mass is 79.9. The van der Waals surface area contributed by atoms with Crippen molar-refractivity contribution in [3.63, 3.8) is 0 Å². The van der Waals surface area contributed by atoms with Gasteiger partial charge in [0.05, 0.1) is 0 Å². The van der Waals surface area contributed by atoms with E-state index >= 15 is 0 Å². The van der Waals surface area contributed by atoms with Crippen LogP contribution in [0, 0.1) is 0 Å². The molecule has 0 N–H and O–H groups in total. The summed E-state index contributed by atoms with van der Waals surface area (Å²) in [4.78, 5) is 13.4. The molecule has 0 spiro atoms. The monoisotopic (exact) mass is 341 g/mol. The van der Waals surface area contributed by atoms with Crippen LogP contribution in [0.15, 0.2) is 36.9 Å². The van der Waals surface area contributed by atoms with Crippen LogP contribution in [0.1, 0.15) is 46.6 Å². The number of nitrogens with zero attached hydrogens (tertiary/aromatic N) is 1. The minimum absolute atomic E-state index is 0.0477. The SMILES string of the molecule is C=CC(=O)N(CCC)c1ccc(CBr)cc1.CC.CC. The smallest absolute Gasteiger partial charge is 0.250 e. The Kier molecular flexibility index (Phi) is 15.2. The van der Waals surface area contributed by atoms with Gasteiger partial charge in [0.1, 0.15) is 0 Å². The van der Waals surface area contributed by atoms with Crippen molar-refractivity contribution < 1.29 is 4.79 Å². The van der Waals surface area contributed by atoms with Gasteiger partial charge in [-0.3, -0.25) is 4.79 Å². The molecule has 0 atom stereocenters. The number of anilines is 1. The number of alkyl halides is 1. The van der Waals surface area contributed by atoms with E-state index in [1.807, 2.05) is 52.0 Å². The maximum absolute atomic E-state index is 11.7. The van der Waals surface area contributed by atoms with E-state index in [1.165, 1.54) is 11.6 Å². The molecule has 0 unspecified atom stereocenters. The molecule has 3 heteroatoms. The number of carbonyl (C=O) groups excluding carboxylic acids is 1. The van der Waals surface area contributed by atoms with Gasteiger partial charge in [-0.05, 0) is 30.2 Å². The van der Waals surface area contributed by atoms with Gasteiger partial charge in [0, 0.05) is 17.6 Å². The first-order valence-electron chi connectivity index (χ1n) is 7.31. The molecule has 1 rings (SSSR count). The second kappa shape index (κ2) is 14.3. The molecule has 0 fully saturated rings. The third-order valence-electron chi connectivity index (χ3n) is 2.29. The molecule has 0 heterocycles. The van der Waals surface area contributed by atoms with Crippen LogP contribution in [0.4, 0.5) is 5.69 Å². The molecular formula is C17H28BrNO. The number of carbonyl (C=O) groups is 1. The molecule has 20 heavy (non-hydrogen) atoms. The number of hydrogen-bond acceptors (Lipinski definition) is 1. The Bertz CT molecular complexity index is 360. The van der Waals surface area contributed by atoms with Crippen LogP contribution in [0.3, 0.4) is 0 Å². The van der Waals surface area contributed by atoms with Crippen molar-refractivity contribution >= 4 is 27.5 Å². The Balaban J connectivity index is 0. The molecule has 0 aliphatic rings.